The average molecular weight is 301 g/mol. The van der Waals surface area contributed by atoms with Gasteiger partial charge in [-0.05, 0) is 32.6 Å². The number of anilines is 1. The Morgan fingerprint density at radius 1 is 1.23 bits per heavy atom. The zero-order valence-corrected chi connectivity index (χ0v) is 13.4. The smallest absolute Gasteiger partial charge is 0.137 e. The number of aryl methyl sites for hydroxylation is 3. The Kier molecular flexibility index (Phi) is 4.11. The molecule has 1 unspecified atom stereocenters. The lowest BCUT2D eigenvalue weighted by atomic mass is 9.90. The van der Waals surface area contributed by atoms with Crippen LogP contribution in [-0.2, 0) is 7.05 Å². The van der Waals surface area contributed by atoms with E-state index in [0.717, 1.165) is 49.1 Å². The van der Waals surface area contributed by atoms with Gasteiger partial charge in [0, 0.05) is 44.3 Å². The number of imidazole rings is 1. The van der Waals surface area contributed by atoms with Gasteiger partial charge in [0.2, 0.25) is 0 Å². The third-order valence-corrected chi connectivity index (χ3v) is 4.39. The van der Waals surface area contributed by atoms with E-state index in [1.165, 1.54) is 0 Å². The lowest BCUT2D eigenvalue weighted by Gasteiger charge is -2.34. The first kappa shape index (κ1) is 15.0. The number of aromatic nitrogens is 4. The van der Waals surface area contributed by atoms with Gasteiger partial charge in [0.05, 0.1) is 0 Å². The predicted molar refractivity (Wildman–Crippen MR) is 84.6 cm³/mol. The van der Waals surface area contributed by atoms with Gasteiger partial charge in [-0.2, -0.15) is 0 Å². The lowest BCUT2D eigenvalue weighted by Crippen LogP contribution is -2.36. The molecule has 1 saturated heterocycles. The van der Waals surface area contributed by atoms with Gasteiger partial charge in [-0.3, -0.25) is 0 Å². The molecule has 0 saturated carbocycles. The van der Waals surface area contributed by atoms with Gasteiger partial charge in [0.25, 0.3) is 0 Å². The molecule has 0 spiro atoms. The standard InChI is InChI=1S/C16H23N5O/c1-11-10-14(19-12(2)18-11)21-7-4-13(5-8-21)15(22)16-17-6-9-20(16)3/h6,9-10,13,15,22H,4-5,7-8H2,1-3H3. The first-order chi connectivity index (χ1) is 10.5. The van der Waals surface area contributed by atoms with Crippen LogP contribution in [0.1, 0.15) is 36.3 Å². The molecule has 6 nitrogen and oxygen atoms in total. The molecule has 0 radical (unpaired) electrons. The number of piperidine rings is 1. The first-order valence-electron chi connectivity index (χ1n) is 7.77. The molecule has 1 atom stereocenters. The summed E-state index contributed by atoms with van der Waals surface area (Å²) in [6.07, 6.45) is 5.00. The van der Waals surface area contributed by atoms with Crippen molar-refractivity contribution in [1.29, 1.82) is 0 Å². The zero-order valence-electron chi connectivity index (χ0n) is 13.4. The maximum absolute atomic E-state index is 10.5. The summed E-state index contributed by atoms with van der Waals surface area (Å²) in [4.78, 5) is 15.4. The highest BCUT2D eigenvalue weighted by Gasteiger charge is 2.28. The van der Waals surface area contributed by atoms with Gasteiger partial charge in [-0.15, -0.1) is 0 Å². The highest BCUT2D eigenvalue weighted by atomic mass is 16.3. The summed E-state index contributed by atoms with van der Waals surface area (Å²) in [6, 6.07) is 2.03. The number of nitrogens with zero attached hydrogens (tertiary/aromatic N) is 5. The molecular weight excluding hydrogens is 278 g/mol. The van der Waals surface area contributed by atoms with E-state index in [1.807, 2.05) is 37.7 Å². The fourth-order valence-electron chi connectivity index (χ4n) is 3.18. The summed E-state index contributed by atoms with van der Waals surface area (Å²) in [6.45, 7) is 5.73. The molecule has 6 heteroatoms. The topological polar surface area (TPSA) is 67.1 Å². The van der Waals surface area contributed by atoms with Gasteiger partial charge in [0.15, 0.2) is 0 Å². The van der Waals surface area contributed by atoms with Crippen molar-refractivity contribution >= 4 is 5.82 Å². The largest absolute Gasteiger partial charge is 0.385 e. The van der Waals surface area contributed by atoms with Crippen LogP contribution in [0.3, 0.4) is 0 Å². The molecule has 1 N–H and O–H groups in total. The molecule has 3 heterocycles. The molecule has 0 aromatic carbocycles. The Labute approximate surface area is 130 Å². The fourth-order valence-corrected chi connectivity index (χ4v) is 3.18. The summed E-state index contributed by atoms with van der Waals surface area (Å²) in [7, 11) is 1.92. The van der Waals surface area contributed by atoms with Crippen molar-refractivity contribution in [2.24, 2.45) is 13.0 Å². The van der Waals surface area contributed by atoms with Crippen molar-refractivity contribution in [2.45, 2.75) is 32.8 Å². The minimum atomic E-state index is -0.490. The van der Waals surface area contributed by atoms with Crippen molar-refractivity contribution in [1.82, 2.24) is 19.5 Å². The molecule has 0 amide bonds. The number of hydrogen-bond donors (Lipinski definition) is 1. The molecule has 22 heavy (non-hydrogen) atoms. The van der Waals surface area contributed by atoms with Crippen LogP contribution in [0.25, 0.3) is 0 Å². The Bertz CT molecular complexity index is 625. The number of hydrogen-bond acceptors (Lipinski definition) is 5. The number of aliphatic hydroxyl groups excluding tert-OH is 1. The molecule has 0 bridgehead atoms. The van der Waals surface area contributed by atoms with Crippen LogP contribution in [0.4, 0.5) is 5.82 Å². The van der Waals surface area contributed by atoms with Crippen molar-refractivity contribution in [2.75, 3.05) is 18.0 Å². The third kappa shape index (κ3) is 2.97. The van der Waals surface area contributed by atoms with Crippen LogP contribution in [0.2, 0.25) is 0 Å². The quantitative estimate of drug-likeness (QED) is 0.936. The minimum Gasteiger partial charge on any atom is -0.385 e. The summed E-state index contributed by atoms with van der Waals surface area (Å²) < 4.78 is 1.90. The average Bonchev–Trinajstić information content (AvgIpc) is 2.92. The Morgan fingerprint density at radius 3 is 2.55 bits per heavy atom. The molecular formula is C16H23N5O. The summed E-state index contributed by atoms with van der Waals surface area (Å²) >= 11 is 0. The lowest BCUT2D eigenvalue weighted by molar-refractivity contribution is 0.0824. The van der Waals surface area contributed by atoms with E-state index < -0.39 is 6.10 Å². The van der Waals surface area contributed by atoms with E-state index in [2.05, 4.69) is 19.9 Å². The number of rotatable bonds is 3. The van der Waals surface area contributed by atoms with Crippen molar-refractivity contribution in [3.63, 3.8) is 0 Å². The summed E-state index contributed by atoms with van der Waals surface area (Å²) in [5, 5.41) is 10.5. The van der Waals surface area contributed by atoms with Gasteiger partial charge in [-0.1, -0.05) is 0 Å². The monoisotopic (exact) mass is 301 g/mol. The fraction of sp³-hybridized carbons (Fsp3) is 0.562. The predicted octanol–water partition coefficient (Wildman–Crippen LogP) is 1.78. The molecule has 1 aliphatic heterocycles. The SMILES string of the molecule is Cc1cc(N2CCC(C(O)c3nccn3C)CC2)nc(C)n1. The van der Waals surface area contributed by atoms with Crippen LogP contribution in [0.15, 0.2) is 18.5 Å². The van der Waals surface area contributed by atoms with E-state index in [0.29, 0.717) is 0 Å². The van der Waals surface area contributed by atoms with Crippen LogP contribution < -0.4 is 4.90 Å². The number of aliphatic hydroxyl groups is 1. The van der Waals surface area contributed by atoms with Crippen molar-refractivity contribution in [3.8, 4) is 0 Å². The Hall–Kier alpha value is -1.95. The molecule has 118 valence electrons. The highest BCUT2D eigenvalue weighted by Crippen LogP contribution is 2.31. The second kappa shape index (κ2) is 6.04. The second-order valence-electron chi connectivity index (χ2n) is 6.08. The van der Waals surface area contributed by atoms with Gasteiger partial charge in [-0.25, -0.2) is 15.0 Å². The van der Waals surface area contributed by atoms with E-state index in [1.54, 1.807) is 6.20 Å². The van der Waals surface area contributed by atoms with Crippen molar-refractivity contribution < 1.29 is 5.11 Å². The maximum Gasteiger partial charge on any atom is 0.137 e. The van der Waals surface area contributed by atoms with E-state index in [4.69, 9.17) is 0 Å². The Balaban J connectivity index is 1.66. The van der Waals surface area contributed by atoms with E-state index >= 15 is 0 Å². The molecule has 1 aliphatic rings. The van der Waals surface area contributed by atoms with Crippen LogP contribution in [0, 0.1) is 19.8 Å². The van der Waals surface area contributed by atoms with Crippen LogP contribution >= 0.6 is 0 Å². The van der Waals surface area contributed by atoms with E-state index in [-0.39, 0.29) is 5.92 Å². The maximum atomic E-state index is 10.5. The molecule has 1 fully saturated rings. The summed E-state index contributed by atoms with van der Waals surface area (Å²) in [5.74, 6) is 2.81. The zero-order chi connectivity index (χ0) is 15.7. The molecule has 2 aromatic rings. The van der Waals surface area contributed by atoms with Gasteiger partial charge < -0.3 is 14.6 Å². The van der Waals surface area contributed by atoms with Crippen LogP contribution in [0.5, 0.6) is 0 Å². The van der Waals surface area contributed by atoms with Crippen LogP contribution in [-0.4, -0.2) is 37.7 Å². The first-order valence-corrected chi connectivity index (χ1v) is 7.77. The normalized spacial score (nSPS) is 17.7. The van der Waals surface area contributed by atoms with E-state index in [9.17, 15) is 5.11 Å². The Morgan fingerprint density at radius 2 is 1.95 bits per heavy atom. The molecule has 0 aliphatic carbocycles. The third-order valence-electron chi connectivity index (χ3n) is 4.39. The van der Waals surface area contributed by atoms with Gasteiger partial charge in [0.1, 0.15) is 23.6 Å². The second-order valence-corrected chi connectivity index (χ2v) is 6.08. The van der Waals surface area contributed by atoms with Gasteiger partial charge >= 0.3 is 0 Å². The van der Waals surface area contributed by atoms with Crippen molar-refractivity contribution in [3.05, 3.63) is 35.8 Å². The highest BCUT2D eigenvalue weighted by molar-refractivity contribution is 5.40. The minimum absolute atomic E-state index is 0.251. The molecule has 3 rings (SSSR count). The molecule has 2 aromatic heterocycles. The summed E-state index contributed by atoms with van der Waals surface area (Å²) in [5.41, 5.74) is 0.998.